The Morgan fingerprint density at radius 1 is 0.906 bits per heavy atom. The lowest BCUT2D eigenvalue weighted by atomic mass is 10.1. The van der Waals surface area contributed by atoms with Crippen LogP contribution in [0, 0.1) is 0 Å². The topological polar surface area (TPSA) is 54.6 Å². The standard InChI is InChI=1S/C22H19F5N2O3/c23-21(24,25)22(26,27)32-16-5-3-4-15(12-16)31-14-8-10-29(11-9-14)19-13-20(30)28-18-7-2-1-6-17(18)19/h1-7,12-14H,8-11H2,(H,28,30). The van der Waals surface area contributed by atoms with Crippen LogP contribution in [0.3, 0.4) is 0 Å². The maximum absolute atomic E-state index is 13.1. The summed E-state index contributed by atoms with van der Waals surface area (Å²) >= 11 is 0. The predicted molar refractivity (Wildman–Crippen MR) is 109 cm³/mol. The van der Waals surface area contributed by atoms with Gasteiger partial charge < -0.3 is 19.4 Å². The molecule has 170 valence electrons. The van der Waals surface area contributed by atoms with Crippen molar-refractivity contribution in [2.45, 2.75) is 31.2 Å². The molecule has 3 aromatic rings. The van der Waals surface area contributed by atoms with E-state index in [9.17, 15) is 26.7 Å². The molecule has 0 bridgehead atoms. The fraction of sp³-hybridized carbons (Fsp3) is 0.318. The average molecular weight is 454 g/mol. The van der Waals surface area contributed by atoms with E-state index in [1.165, 1.54) is 12.1 Å². The molecule has 10 heteroatoms. The lowest BCUT2D eigenvalue weighted by molar-refractivity contribution is -0.360. The van der Waals surface area contributed by atoms with Crippen LogP contribution in [0.25, 0.3) is 10.9 Å². The van der Waals surface area contributed by atoms with Crippen LogP contribution in [0.4, 0.5) is 27.6 Å². The van der Waals surface area contributed by atoms with E-state index >= 15 is 0 Å². The molecule has 0 amide bonds. The van der Waals surface area contributed by atoms with Gasteiger partial charge in [0.2, 0.25) is 5.56 Å². The second kappa shape index (κ2) is 8.33. The third kappa shape index (κ3) is 4.63. The molecule has 2 heterocycles. The smallest absolute Gasteiger partial charge is 0.490 e. The van der Waals surface area contributed by atoms with Crippen molar-refractivity contribution in [2.24, 2.45) is 0 Å². The van der Waals surface area contributed by atoms with Crippen molar-refractivity contribution in [3.05, 3.63) is 65.0 Å². The molecule has 0 radical (unpaired) electrons. The van der Waals surface area contributed by atoms with Crippen LogP contribution in [0.15, 0.2) is 59.4 Å². The summed E-state index contributed by atoms with van der Waals surface area (Å²) in [6, 6.07) is 13.8. The summed E-state index contributed by atoms with van der Waals surface area (Å²) in [5.74, 6) is -0.502. The second-order valence-corrected chi connectivity index (χ2v) is 7.46. The molecule has 5 nitrogen and oxygen atoms in total. The summed E-state index contributed by atoms with van der Waals surface area (Å²) in [7, 11) is 0. The SMILES string of the molecule is O=c1cc(N2CCC(Oc3cccc(OC(F)(F)C(F)(F)F)c3)CC2)c2ccccc2[nH]1. The number of nitrogens with one attached hydrogen (secondary N) is 1. The van der Waals surface area contributed by atoms with Crippen molar-refractivity contribution in [1.82, 2.24) is 4.98 Å². The van der Waals surface area contributed by atoms with Crippen molar-refractivity contribution in [2.75, 3.05) is 18.0 Å². The zero-order valence-electron chi connectivity index (χ0n) is 16.7. The minimum absolute atomic E-state index is 0.139. The molecule has 0 saturated carbocycles. The van der Waals surface area contributed by atoms with Crippen LogP contribution in [-0.2, 0) is 0 Å². The zero-order chi connectivity index (χ0) is 22.9. The fourth-order valence-electron chi connectivity index (χ4n) is 3.67. The summed E-state index contributed by atoms with van der Waals surface area (Å²) in [5, 5.41) is 0.918. The molecule has 0 aliphatic carbocycles. The van der Waals surface area contributed by atoms with Gasteiger partial charge in [0.25, 0.3) is 0 Å². The summed E-state index contributed by atoms with van der Waals surface area (Å²) in [4.78, 5) is 16.9. The number of pyridine rings is 1. The van der Waals surface area contributed by atoms with E-state index in [2.05, 4.69) is 14.6 Å². The Hall–Kier alpha value is -3.30. The van der Waals surface area contributed by atoms with Crippen molar-refractivity contribution in [3.8, 4) is 11.5 Å². The predicted octanol–water partition coefficient (Wildman–Crippen LogP) is 5.11. The summed E-state index contributed by atoms with van der Waals surface area (Å²) in [6.45, 7) is 1.17. The van der Waals surface area contributed by atoms with Gasteiger partial charge in [0.05, 0.1) is 11.2 Å². The Morgan fingerprint density at radius 2 is 1.59 bits per heavy atom. The van der Waals surface area contributed by atoms with Crippen LogP contribution in [-0.4, -0.2) is 36.5 Å². The Bertz CT molecular complexity index is 1150. The van der Waals surface area contributed by atoms with E-state index in [0.29, 0.717) is 25.9 Å². The van der Waals surface area contributed by atoms with Crippen LogP contribution < -0.4 is 19.9 Å². The zero-order valence-corrected chi connectivity index (χ0v) is 16.7. The highest BCUT2D eigenvalue weighted by molar-refractivity contribution is 5.91. The Kier molecular flexibility index (Phi) is 5.70. The lowest BCUT2D eigenvalue weighted by Gasteiger charge is -2.34. The first-order valence-corrected chi connectivity index (χ1v) is 9.90. The summed E-state index contributed by atoms with van der Waals surface area (Å²) in [6.07, 6.45) is -10.2. The number of fused-ring (bicyclic) bond motifs is 1. The third-order valence-corrected chi connectivity index (χ3v) is 5.20. The number of para-hydroxylation sites is 1. The van der Waals surface area contributed by atoms with E-state index in [1.54, 1.807) is 6.07 Å². The van der Waals surface area contributed by atoms with Gasteiger partial charge in [0, 0.05) is 43.5 Å². The number of ether oxygens (including phenoxy) is 2. The molecule has 0 spiro atoms. The van der Waals surface area contributed by atoms with Gasteiger partial charge in [-0.2, -0.15) is 22.0 Å². The van der Waals surface area contributed by atoms with E-state index in [4.69, 9.17) is 4.74 Å². The van der Waals surface area contributed by atoms with Crippen LogP contribution >= 0.6 is 0 Å². The molecule has 2 aromatic carbocycles. The van der Waals surface area contributed by atoms with Gasteiger partial charge in [-0.05, 0) is 18.2 Å². The minimum Gasteiger partial charge on any atom is -0.490 e. The van der Waals surface area contributed by atoms with Gasteiger partial charge in [0.15, 0.2) is 0 Å². The van der Waals surface area contributed by atoms with Crippen LogP contribution in [0.2, 0.25) is 0 Å². The number of hydrogen-bond donors (Lipinski definition) is 1. The quantitative estimate of drug-likeness (QED) is 0.545. The Morgan fingerprint density at radius 3 is 2.31 bits per heavy atom. The van der Waals surface area contributed by atoms with Crippen LogP contribution in [0.5, 0.6) is 11.5 Å². The van der Waals surface area contributed by atoms with Gasteiger partial charge in [0.1, 0.15) is 17.6 Å². The largest absolute Gasteiger partial charge is 0.499 e. The van der Waals surface area contributed by atoms with E-state index < -0.39 is 18.0 Å². The van der Waals surface area contributed by atoms with E-state index in [-0.39, 0.29) is 17.4 Å². The van der Waals surface area contributed by atoms with E-state index in [1.807, 2.05) is 24.3 Å². The number of piperidine rings is 1. The number of aromatic nitrogens is 1. The first-order valence-electron chi connectivity index (χ1n) is 9.90. The number of alkyl halides is 5. The Balaban J connectivity index is 1.42. The molecule has 1 N–H and O–H groups in total. The number of hydrogen-bond acceptors (Lipinski definition) is 4. The number of nitrogens with zero attached hydrogens (tertiary/aromatic N) is 1. The highest BCUT2D eigenvalue weighted by Crippen LogP contribution is 2.38. The molecule has 1 aliphatic heterocycles. The minimum atomic E-state index is -5.82. The highest BCUT2D eigenvalue weighted by atomic mass is 19.4. The highest BCUT2D eigenvalue weighted by Gasteiger charge is 2.61. The van der Waals surface area contributed by atoms with Gasteiger partial charge in [-0.25, -0.2) is 0 Å². The molecule has 1 aromatic heterocycles. The summed E-state index contributed by atoms with van der Waals surface area (Å²) in [5.41, 5.74) is 1.35. The molecular formula is C22H19F5N2O3. The molecular weight excluding hydrogens is 435 g/mol. The van der Waals surface area contributed by atoms with Crippen molar-refractivity contribution < 1.29 is 31.4 Å². The monoisotopic (exact) mass is 454 g/mol. The number of rotatable bonds is 5. The third-order valence-electron chi connectivity index (χ3n) is 5.20. The molecule has 32 heavy (non-hydrogen) atoms. The van der Waals surface area contributed by atoms with E-state index in [0.717, 1.165) is 28.7 Å². The maximum atomic E-state index is 13.1. The normalized spacial score (nSPS) is 15.7. The van der Waals surface area contributed by atoms with Gasteiger partial charge in [-0.15, -0.1) is 0 Å². The molecule has 1 saturated heterocycles. The second-order valence-electron chi connectivity index (χ2n) is 7.46. The number of halogens is 5. The molecule has 0 unspecified atom stereocenters. The number of anilines is 1. The maximum Gasteiger partial charge on any atom is 0.499 e. The van der Waals surface area contributed by atoms with Crippen LogP contribution in [0.1, 0.15) is 12.8 Å². The molecule has 0 atom stereocenters. The number of H-pyrrole nitrogens is 1. The molecule has 4 rings (SSSR count). The molecule has 1 aliphatic rings. The van der Waals surface area contributed by atoms with Gasteiger partial charge in [-0.1, -0.05) is 24.3 Å². The summed E-state index contributed by atoms with van der Waals surface area (Å²) < 4.78 is 73.0. The lowest BCUT2D eigenvalue weighted by Crippen LogP contribution is -2.41. The fourth-order valence-corrected chi connectivity index (χ4v) is 3.67. The number of aromatic amines is 1. The Labute approximate surface area is 179 Å². The molecule has 1 fully saturated rings. The van der Waals surface area contributed by atoms with Crippen molar-refractivity contribution in [3.63, 3.8) is 0 Å². The first kappa shape index (κ1) is 21.9. The van der Waals surface area contributed by atoms with Gasteiger partial charge >= 0.3 is 12.3 Å². The van der Waals surface area contributed by atoms with Crippen molar-refractivity contribution in [1.29, 1.82) is 0 Å². The van der Waals surface area contributed by atoms with Gasteiger partial charge in [-0.3, -0.25) is 4.79 Å². The number of benzene rings is 2. The average Bonchev–Trinajstić information content (AvgIpc) is 2.73. The first-order chi connectivity index (χ1) is 15.1. The van der Waals surface area contributed by atoms with Crippen molar-refractivity contribution >= 4 is 16.6 Å².